The van der Waals surface area contributed by atoms with Crippen LogP contribution in [0.15, 0.2) is 60.7 Å². The minimum absolute atomic E-state index is 0.0880. The second kappa shape index (κ2) is 10.8. The van der Waals surface area contributed by atoms with Crippen LogP contribution in [0.3, 0.4) is 0 Å². The van der Waals surface area contributed by atoms with Crippen molar-refractivity contribution in [1.82, 2.24) is 15.8 Å². The molecule has 8 nitrogen and oxygen atoms in total. The van der Waals surface area contributed by atoms with E-state index in [0.717, 1.165) is 16.1 Å². The largest absolute Gasteiger partial charge is 0.445 e. The summed E-state index contributed by atoms with van der Waals surface area (Å²) in [5.41, 5.74) is 3.35. The van der Waals surface area contributed by atoms with E-state index < -0.39 is 23.7 Å². The molecule has 3 amide bonds. The van der Waals surface area contributed by atoms with E-state index in [2.05, 4.69) is 10.7 Å². The van der Waals surface area contributed by atoms with Crippen LogP contribution in [0.25, 0.3) is 0 Å². The predicted octanol–water partition coefficient (Wildman–Crippen LogP) is 3.38. The van der Waals surface area contributed by atoms with E-state index in [4.69, 9.17) is 9.47 Å². The number of hydrogen-bond donors (Lipinski definition) is 2. The van der Waals surface area contributed by atoms with E-state index in [-0.39, 0.29) is 19.7 Å². The molecule has 0 heterocycles. The number of rotatable bonds is 6. The van der Waals surface area contributed by atoms with Gasteiger partial charge in [-0.25, -0.2) is 20.0 Å². The first kappa shape index (κ1) is 22.7. The van der Waals surface area contributed by atoms with Crippen LogP contribution in [-0.4, -0.2) is 35.2 Å². The molecular weight excluding hydrogens is 386 g/mol. The zero-order valence-corrected chi connectivity index (χ0v) is 17.4. The fraction of sp³-hybridized carbons (Fsp3) is 0.318. The van der Waals surface area contributed by atoms with Gasteiger partial charge in [-0.15, -0.1) is 0 Å². The molecule has 0 aliphatic rings. The quantitative estimate of drug-likeness (QED) is 0.708. The fourth-order valence-corrected chi connectivity index (χ4v) is 2.38. The monoisotopic (exact) mass is 413 g/mol. The highest BCUT2D eigenvalue weighted by Gasteiger charge is 2.22. The molecule has 0 atom stereocenters. The Labute approximate surface area is 176 Å². The second-order valence-corrected chi connectivity index (χ2v) is 7.49. The highest BCUT2D eigenvalue weighted by atomic mass is 16.6. The molecule has 0 saturated carbocycles. The van der Waals surface area contributed by atoms with Gasteiger partial charge in [0.1, 0.15) is 18.8 Å². The Hall–Kier alpha value is -3.55. The summed E-state index contributed by atoms with van der Waals surface area (Å²) in [5, 5.41) is 3.49. The van der Waals surface area contributed by atoms with Crippen LogP contribution in [0.2, 0.25) is 0 Å². The molecule has 2 rings (SSSR count). The number of hydrazine groups is 1. The van der Waals surface area contributed by atoms with Crippen molar-refractivity contribution >= 4 is 18.1 Å². The fourth-order valence-electron chi connectivity index (χ4n) is 2.38. The van der Waals surface area contributed by atoms with E-state index >= 15 is 0 Å². The predicted molar refractivity (Wildman–Crippen MR) is 111 cm³/mol. The first-order chi connectivity index (χ1) is 14.2. The maximum atomic E-state index is 12.6. The average molecular weight is 413 g/mol. The van der Waals surface area contributed by atoms with E-state index in [1.165, 1.54) is 0 Å². The molecule has 2 aromatic rings. The molecule has 0 fully saturated rings. The third-order valence-electron chi connectivity index (χ3n) is 3.71. The molecule has 0 saturated heterocycles. The summed E-state index contributed by atoms with van der Waals surface area (Å²) >= 11 is 0. The number of amides is 3. The van der Waals surface area contributed by atoms with Crippen LogP contribution in [0.5, 0.6) is 0 Å². The molecule has 2 N–H and O–H groups in total. The first-order valence-corrected chi connectivity index (χ1v) is 9.51. The van der Waals surface area contributed by atoms with Gasteiger partial charge in [0.15, 0.2) is 0 Å². The summed E-state index contributed by atoms with van der Waals surface area (Å²) in [7, 11) is 0. The van der Waals surface area contributed by atoms with E-state index in [1.807, 2.05) is 60.7 Å². The Kier molecular flexibility index (Phi) is 8.22. The Morgan fingerprint density at radius 1 is 0.867 bits per heavy atom. The molecule has 8 heteroatoms. The van der Waals surface area contributed by atoms with Crippen molar-refractivity contribution in [3.63, 3.8) is 0 Å². The zero-order valence-electron chi connectivity index (χ0n) is 17.4. The van der Waals surface area contributed by atoms with Gasteiger partial charge in [0.25, 0.3) is 5.91 Å². The van der Waals surface area contributed by atoms with Crippen LogP contribution in [0, 0.1) is 0 Å². The van der Waals surface area contributed by atoms with Crippen LogP contribution in [-0.2, 0) is 27.4 Å². The number of nitrogens with zero attached hydrogens (tertiary/aromatic N) is 1. The zero-order chi connectivity index (χ0) is 22.0. The summed E-state index contributed by atoms with van der Waals surface area (Å²) < 4.78 is 10.3. The van der Waals surface area contributed by atoms with Gasteiger partial charge in [0, 0.05) is 0 Å². The smallest absolute Gasteiger partial charge is 0.426 e. The van der Waals surface area contributed by atoms with Crippen molar-refractivity contribution < 1.29 is 23.9 Å². The highest BCUT2D eigenvalue weighted by Crippen LogP contribution is 2.08. The van der Waals surface area contributed by atoms with Crippen molar-refractivity contribution in [2.75, 3.05) is 6.54 Å². The van der Waals surface area contributed by atoms with Crippen LogP contribution >= 0.6 is 0 Å². The summed E-state index contributed by atoms with van der Waals surface area (Å²) in [6.07, 6.45) is -1.50. The third-order valence-corrected chi connectivity index (χ3v) is 3.71. The number of nitrogens with one attached hydrogen (secondary N) is 2. The summed E-state index contributed by atoms with van der Waals surface area (Å²) in [6, 6.07) is 18.3. The van der Waals surface area contributed by atoms with Crippen LogP contribution in [0.4, 0.5) is 9.59 Å². The molecule has 0 bridgehead atoms. The maximum absolute atomic E-state index is 12.6. The molecule has 30 heavy (non-hydrogen) atoms. The Bertz CT molecular complexity index is 835. The van der Waals surface area contributed by atoms with Crippen molar-refractivity contribution in [2.45, 2.75) is 39.5 Å². The molecule has 0 unspecified atom stereocenters. The third kappa shape index (κ3) is 8.64. The summed E-state index contributed by atoms with van der Waals surface area (Å²) in [5.74, 6) is -0.527. The lowest BCUT2D eigenvalue weighted by Crippen LogP contribution is -2.50. The Morgan fingerprint density at radius 2 is 1.43 bits per heavy atom. The number of ether oxygens (including phenoxy) is 2. The Balaban J connectivity index is 1.92. The molecule has 2 aromatic carbocycles. The van der Waals surface area contributed by atoms with Crippen molar-refractivity contribution in [2.24, 2.45) is 0 Å². The van der Waals surface area contributed by atoms with Crippen molar-refractivity contribution in [3.8, 4) is 0 Å². The molecule has 0 aliphatic heterocycles. The highest BCUT2D eigenvalue weighted by molar-refractivity contribution is 5.83. The second-order valence-electron chi connectivity index (χ2n) is 7.49. The van der Waals surface area contributed by atoms with E-state index in [0.29, 0.717) is 0 Å². The standard InChI is InChI=1S/C22H27N3O5/c1-22(2,3)30-21(28)24-25(15-17-10-6-4-7-11-17)19(26)14-23-20(27)29-16-18-12-8-5-9-13-18/h4-13H,14-16H2,1-3H3,(H,23,27)(H,24,28). The van der Waals surface area contributed by atoms with Crippen LogP contribution < -0.4 is 10.7 Å². The van der Waals surface area contributed by atoms with Crippen molar-refractivity contribution in [1.29, 1.82) is 0 Å². The minimum atomic E-state index is -0.765. The van der Waals surface area contributed by atoms with Gasteiger partial charge < -0.3 is 14.8 Å². The topological polar surface area (TPSA) is 97.0 Å². The van der Waals surface area contributed by atoms with Gasteiger partial charge in [0.2, 0.25) is 0 Å². The van der Waals surface area contributed by atoms with E-state index in [9.17, 15) is 14.4 Å². The van der Waals surface area contributed by atoms with E-state index in [1.54, 1.807) is 20.8 Å². The average Bonchev–Trinajstić information content (AvgIpc) is 2.70. The lowest BCUT2D eigenvalue weighted by molar-refractivity contribution is -0.134. The van der Waals surface area contributed by atoms with Gasteiger partial charge in [-0.3, -0.25) is 4.79 Å². The lowest BCUT2D eigenvalue weighted by atomic mass is 10.2. The Morgan fingerprint density at radius 3 is 2.00 bits per heavy atom. The first-order valence-electron chi connectivity index (χ1n) is 9.51. The lowest BCUT2D eigenvalue weighted by Gasteiger charge is -2.26. The molecule has 0 spiro atoms. The molecule has 0 aliphatic carbocycles. The number of benzene rings is 2. The van der Waals surface area contributed by atoms with Crippen LogP contribution in [0.1, 0.15) is 31.9 Å². The van der Waals surface area contributed by atoms with Gasteiger partial charge in [0.05, 0.1) is 6.54 Å². The SMILES string of the molecule is CC(C)(C)OC(=O)NN(Cc1ccccc1)C(=O)CNC(=O)OCc1ccccc1. The summed E-state index contributed by atoms with van der Waals surface area (Å²) in [4.78, 5) is 36.6. The summed E-state index contributed by atoms with van der Waals surface area (Å²) in [6.45, 7) is 5.02. The van der Waals surface area contributed by atoms with Gasteiger partial charge >= 0.3 is 12.2 Å². The van der Waals surface area contributed by atoms with Gasteiger partial charge in [-0.1, -0.05) is 60.7 Å². The number of carbonyl (C=O) groups excluding carboxylic acids is 3. The minimum Gasteiger partial charge on any atom is -0.445 e. The number of alkyl carbamates (subject to hydrolysis) is 1. The molecular formula is C22H27N3O5. The molecule has 0 aromatic heterocycles. The number of carbonyl (C=O) groups is 3. The van der Waals surface area contributed by atoms with Gasteiger partial charge in [-0.2, -0.15) is 0 Å². The van der Waals surface area contributed by atoms with Gasteiger partial charge in [-0.05, 0) is 31.9 Å². The molecule has 160 valence electrons. The maximum Gasteiger partial charge on any atom is 0.426 e. The van der Waals surface area contributed by atoms with Crippen molar-refractivity contribution in [3.05, 3.63) is 71.8 Å². The number of hydrogen-bond acceptors (Lipinski definition) is 5. The molecule has 0 radical (unpaired) electrons. The normalized spacial score (nSPS) is 10.6.